The lowest BCUT2D eigenvalue weighted by Crippen LogP contribution is -2.40. The Morgan fingerprint density at radius 3 is 2.26 bits per heavy atom. The first-order valence-electron chi connectivity index (χ1n) is 12.6. The van der Waals surface area contributed by atoms with Gasteiger partial charge < -0.3 is 14.7 Å². The number of carbonyl (C=O) groups excluding carboxylic acids is 2. The molecule has 6 nitrogen and oxygen atoms in total. The number of benzene rings is 2. The van der Waals surface area contributed by atoms with Crippen LogP contribution in [0.25, 0.3) is 0 Å². The van der Waals surface area contributed by atoms with Gasteiger partial charge in [0.1, 0.15) is 18.2 Å². The van der Waals surface area contributed by atoms with Crippen molar-refractivity contribution in [2.75, 3.05) is 6.54 Å². The van der Waals surface area contributed by atoms with E-state index in [9.17, 15) is 23.9 Å². The molecule has 0 saturated heterocycles. The van der Waals surface area contributed by atoms with Gasteiger partial charge >= 0.3 is 5.97 Å². The third kappa shape index (κ3) is 5.23. The molecule has 0 spiro atoms. The minimum absolute atomic E-state index is 0.0336. The fraction of sp³-hybridized carbons (Fsp3) is 0.345. The van der Waals surface area contributed by atoms with E-state index in [1.807, 2.05) is 17.0 Å². The third-order valence-electron chi connectivity index (χ3n) is 7.26. The molecule has 1 aliphatic heterocycles. The van der Waals surface area contributed by atoms with Crippen LogP contribution in [-0.2, 0) is 21.0 Å². The van der Waals surface area contributed by atoms with Crippen LogP contribution in [-0.4, -0.2) is 34.1 Å². The summed E-state index contributed by atoms with van der Waals surface area (Å²) in [7, 11) is 0. The summed E-state index contributed by atoms with van der Waals surface area (Å²) in [6.45, 7) is 0.313. The number of hydrogen-bond donors (Lipinski definition) is 1. The zero-order valence-electron chi connectivity index (χ0n) is 20.6. The molecular weight excluding hydrogens is 621 g/mol. The Kier molecular flexibility index (Phi) is 7.86. The van der Waals surface area contributed by atoms with E-state index in [-0.39, 0.29) is 37.0 Å². The topological polar surface area (TPSA) is 83.9 Å². The Bertz CT molecular complexity index is 1360. The van der Waals surface area contributed by atoms with E-state index in [4.69, 9.17) is 4.74 Å². The number of ketones is 2. The average molecular weight is 647 g/mol. The lowest BCUT2D eigenvalue weighted by Gasteiger charge is -2.44. The first kappa shape index (κ1) is 26.8. The van der Waals surface area contributed by atoms with Gasteiger partial charge in [-0.25, -0.2) is 4.39 Å². The number of carboxylic acid groups (broad SMARTS) is 1. The molecule has 3 aliphatic rings. The fourth-order valence-electron chi connectivity index (χ4n) is 5.73. The SMILES string of the molecule is O=C(O)CCN1C2=C(C(=O)CCC2)C(c2cc(Br)cc(Br)c2OCc2cccc(F)c2)C2=C1CCCC2=O. The van der Waals surface area contributed by atoms with Crippen molar-refractivity contribution in [2.24, 2.45) is 0 Å². The summed E-state index contributed by atoms with van der Waals surface area (Å²) in [5.74, 6) is -1.50. The quantitative estimate of drug-likeness (QED) is 0.356. The van der Waals surface area contributed by atoms with Gasteiger partial charge in [-0.1, -0.05) is 28.1 Å². The van der Waals surface area contributed by atoms with Gasteiger partial charge in [0, 0.05) is 57.9 Å². The highest BCUT2D eigenvalue weighted by molar-refractivity contribution is 9.11. The van der Waals surface area contributed by atoms with Gasteiger partial charge in [0.15, 0.2) is 11.6 Å². The standard InChI is InChI=1S/C29H26Br2FNO5/c30-17-13-19(29(20(31)14-17)38-15-16-4-1-5-18(32)12-16)26-27-21(6-2-8-23(27)34)33(11-10-25(36)37)22-7-3-9-24(35)28(22)26/h1,4-5,12-14,26H,2-3,6-11,15H2,(H,36,37). The second kappa shape index (κ2) is 11.1. The fourth-order valence-corrected chi connectivity index (χ4v) is 7.11. The van der Waals surface area contributed by atoms with E-state index in [2.05, 4.69) is 31.9 Å². The van der Waals surface area contributed by atoms with E-state index < -0.39 is 11.9 Å². The largest absolute Gasteiger partial charge is 0.487 e. The molecule has 1 heterocycles. The van der Waals surface area contributed by atoms with Gasteiger partial charge in [0.2, 0.25) is 0 Å². The van der Waals surface area contributed by atoms with Crippen molar-refractivity contribution in [3.63, 3.8) is 0 Å². The van der Waals surface area contributed by atoms with Crippen LogP contribution in [0.1, 0.15) is 62.0 Å². The second-order valence-electron chi connectivity index (χ2n) is 9.73. The molecule has 1 N–H and O–H groups in total. The van der Waals surface area contributed by atoms with Crippen molar-refractivity contribution in [1.82, 2.24) is 4.90 Å². The normalized spacial score (nSPS) is 18.0. The molecule has 0 bridgehead atoms. The van der Waals surface area contributed by atoms with Crippen molar-refractivity contribution in [1.29, 1.82) is 0 Å². The molecule has 2 aromatic carbocycles. The highest BCUT2D eigenvalue weighted by atomic mass is 79.9. The maximum atomic E-state index is 13.8. The van der Waals surface area contributed by atoms with Gasteiger partial charge in [0.05, 0.1) is 10.9 Å². The molecule has 0 atom stereocenters. The van der Waals surface area contributed by atoms with Gasteiger partial charge in [-0.05, 0) is 71.4 Å². The number of aliphatic carboxylic acids is 1. The molecule has 0 unspecified atom stereocenters. The molecule has 198 valence electrons. The summed E-state index contributed by atoms with van der Waals surface area (Å²) in [5, 5.41) is 9.39. The number of carboxylic acids is 1. The average Bonchev–Trinajstić information content (AvgIpc) is 2.86. The molecule has 0 amide bonds. The zero-order chi connectivity index (χ0) is 27.0. The first-order chi connectivity index (χ1) is 18.2. The van der Waals surface area contributed by atoms with Crippen molar-refractivity contribution in [3.05, 3.63) is 84.8 Å². The molecule has 5 rings (SSSR count). The molecule has 9 heteroatoms. The number of carbonyl (C=O) groups is 3. The number of ether oxygens (including phenoxy) is 1. The zero-order valence-corrected chi connectivity index (χ0v) is 23.7. The van der Waals surface area contributed by atoms with Crippen molar-refractivity contribution in [3.8, 4) is 5.75 Å². The van der Waals surface area contributed by atoms with Crippen LogP contribution in [0.2, 0.25) is 0 Å². The Morgan fingerprint density at radius 1 is 1.00 bits per heavy atom. The van der Waals surface area contributed by atoms with Crippen LogP contribution in [0, 0.1) is 5.82 Å². The highest BCUT2D eigenvalue weighted by Gasteiger charge is 2.44. The van der Waals surface area contributed by atoms with Crippen LogP contribution in [0.5, 0.6) is 5.75 Å². The van der Waals surface area contributed by atoms with Gasteiger partial charge in [0.25, 0.3) is 0 Å². The van der Waals surface area contributed by atoms with Crippen LogP contribution in [0.15, 0.2) is 67.9 Å². The molecule has 2 aromatic rings. The summed E-state index contributed by atoms with van der Waals surface area (Å²) in [5.41, 5.74) is 4.05. The summed E-state index contributed by atoms with van der Waals surface area (Å²) in [6, 6.07) is 9.88. The number of hydrogen-bond acceptors (Lipinski definition) is 5. The Hall–Kier alpha value is -2.78. The van der Waals surface area contributed by atoms with Crippen LogP contribution >= 0.6 is 31.9 Å². The van der Waals surface area contributed by atoms with E-state index in [1.165, 1.54) is 12.1 Å². The predicted molar refractivity (Wildman–Crippen MR) is 146 cm³/mol. The Morgan fingerprint density at radius 2 is 1.66 bits per heavy atom. The molecular formula is C29H26Br2FNO5. The third-order valence-corrected chi connectivity index (χ3v) is 8.30. The molecule has 2 aliphatic carbocycles. The highest BCUT2D eigenvalue weighted by Crippen LogP contribution is 2.52. The maximum Gasteiger partial charge on any atom is 0.305 e. The van der Waals surface area contributed by atoms with E-state index >= 15 is 0 Å². The van der Waals surface area contributed by atoms with Crippen LogP contribution in [0.4, 0.5) is 4.39 Å². The minimum Gasteiger partial charge on any atom is -0.487 e. The lowest BCUT2D eigenvalue weighted by molar-refractivity contribution is -0.137. The number of Topliss-reactive ketones (excluding diaryl/α,β-unsaturated/α-hetero) is 2. The second-order valence-corrected chi connectivity index (χ2v) is 11.5. The lowest BCUT2D eigenvalue weighted by atomic mass is 9.70. The molecule has 38 heavy (non-hydrogen) atoms. The van der Waals surface area contributed by atoms with Gasteiger partial charge in [-0.3, -0.25) is 14.4 Å². The smallest absolute Gasteiger partial charge is 0.305 e. The molecule has 0 fully saturated rings. The number of nitrogens with zero attached hydrogens (tertiary/aromatic N) is 1. The summed E-state index contributed by atoms with van der Waals surface area (Å²) in [6.07, 6.45) is 3.27. The summed E-state index contributed by atoms with van der Waals surface area (Å²) < 4.78 is 21.5. The van der Waals surface area contributed by atoms with E-state index in [0.717, 1.165) is 15.9 Å². The Balaban J connectivity index is 1.67. The molecule has 0 radical (unpaired) electrons. The van der Waals surface area contributed by atoms with Gasteiger partial charge in [-0.15, -0.1) is 0 Å². The van der Waals surface area contributed by atoms with Crippen molar-refractivity contribution in [2.45, 2.75) is 57.5 Å². The van der Waals surface area contributed by atoms with Crippen molar-refractivity contribution >= 4 is 49.4 Å². The predicted octanol–water partition coefficient (Wildman–Crippen LogP) is 6.82. The summed E-state index contributed by atoms with van der Waals surface area (Å²) in [4.78, 5) is 40.5. The maximum absolute atomic E-state index is 13.8. The molecule has 0 aromatic heterocycles. The van der Waals surface area contributed by atoms with Crippen molar-refractivity contribution < 1.29 is 28.6 Å². The number of allylic oxidation sites excluding steroid dienone is 4. The Labute approximate surface area is 236 Å². The van der Waals surface area contributed by atoms with E-state index in [0.29, 0.717) is 71.0 Å². The van der Waals surface area contributed by atoms with Crippen LogP contribution in [0.3, 0.4) is 0 Å². The summed E-state index contributed by atoms with van der Waals surface area (Å²) >= 11 is 7.17. The van der Waals surface area contributed by atoms with Gasteiger partial charge in [-0.2, -0.15) is 0 Å². The van der Waals surface area contributed by atoms with E-state index in [1.54, 1.807) is 12.1 Å². The van der Waals surface area contributed by atoms with Crippen LogP contribution < -0.4 is 4.74 Å². The molecule has 0 saturated carbocycles. The first-order valence-corrected chi connectivity index (χ1v) is 14.2. The number of rotatable bonds is 7. The monoisotopic (exact) mass is 645 g/mol. The minimum atomic E-state index is -0.926. The number of halogens is 3.